The molecule has 100 valence electrons. The molecule has 1 saturated heterocycles. The van der Waals surface area contributed by atoms with Gasteiger partial charge in [0.25, 0.3) is 0 Å². The number of nitrogens with zero attached hydrogens (tertiary/aromatic N) is 1. The maximum absolute atomic E-state index is 11.8. The second-order valence-electron chi connectivity index (χ2n) is 4.01. The van der Waals surface area contributed by atoms with Crippen molar-refractivity contribution in [2.24, 2.45) is 0 Å². The number of amides is 2. The van der Waals surface area contributed by atoms with E-state index in [1.165, 1.54) is 12.0 Å². The van der Waals surface area contributed by atoms with E-state index in [9.17, 15) is 9.59 Å². The second kappa shape index (κ2) is 6.87. The van der Waals surface area contributed by atoms with E-state index in [0.717, 1.165) is 0 Å². The molecule has 0 spiro atoms. The summed E-state index contributed by atoms with van der Waals surface area (Å²) in [5, 5.41) is 11.7. The Morgan fingerprint density at radius 3 is 2.83 bits per heavy atom. The number of nitrogens with one attached hydrogen (secondary N) is 1. The van der Waals surface area contributed by atoms with Gasteiger partial charge in [-0.05, 0) is 6.92 Å². The zero-order valence-electron chi connectivity index (χ0n) is 10.6. The molecule has 6 nitrogen and oxygen atoms in total. The number of ether oxygens (including phenoxy) is 1. The Morgan fingerprint density at radius 2 is 2.28 bits per heavy atom. The summed E-state index contributed by atoms with van der Waals surface area (Å²) in [6.07, 6.45) is 0.669. The van der Waals surface area contributed by atoms with E-state index >= 15 is 0 Å². The SMILES string of the molecule is CC#CCCNC(=O)N1CC(OC)CC1C(=O)O. The highest BCUT2D eigenvalue weighted by atomic mass is 16.5. The molecule has 2 N–H and O–H groups in total. The Kier molecular flexibility index (Phi) is 5.46. The summed E-state index contributed by atoms with van der Waals surface area (Å²) in [7, 11) is 1.52. The van der Waals surface area contributed by atoms with Gasteiger partial charge in [-0.15, -0.1) is 11.8 Å². The lowest BCUT2D eigenvalue weighted by molar-refractivity contribution is -0.141. The fourth-order valence-electron chi connectivity index (χ4n) is 1.89. The Morgan fingerprint density at radius 1 is 1.56 bits per heavy atom. The minimum atomic E-state index is -1.00. The molecule has 1 heterocycles. The average molecular weight is 254 g/mol. The third-order valence-electron chi connectivity index (χ3n) is 2.84. The summed E-state index contributed by atoms with van der Waals surface area (Å²) in [5.41, 5.74) is 0. The number of carbonyl (C=O) groups excluding carboxylic acids is 1. The zero-order chi connectivity index (χ0) is 13.5. The molecule has 0 aromatic heterocycles. The summed E-state index contributed by atoms with van der Waals surface area (Å²) >= 11 is 0. The monoisotopic (exact) mass is 254 g/mol. The number of carboxylic acid groups (broad SMARTS) is 1. The molecule has 0 aromatic carbocycles. The molecule has 0 bridgehead atoms. The van der Waals surface area contributed by atoms with E-state index in [-0.39, 0.29) is 12.1 Å². The highest BCUT2D eigenvalue weighted by molar-refractivity contribution is 5.83. The standard InChI is InChI=1S/C12H18N2O4/c1-3-4-5-6-13-12(17)14-8-9(18-2)7-10(14)11(15)16/h9-10H,5-8H2,1-2H3,(H,13,17)(H,15,16). The van der Waals surface area contributed by atoms with Gasteiger partial charge in [-0.2, -0.15) is 0 Å². The highest BCUT2D eigenvalue weighted by Gasteiger charge is 2.39. The molecular weight excluding hydrogens is 236 g/mol. The van der Waals surface area contributed by atoms with Gasteiger partial charge in [0.15, 0.2) is 0 Å². The van der Waals surface area contributed by atoms with Gasteiger partial charge < -0.3 is 20.1 Å². The summed E-state index contributed by atoms with van der Waals surface area (Å²) in [4.78, 5) is 24.2. The van der Waals surface area contributed by atoms with Crippen molar-refractivity contribution in [2.45, 2.75) is 31.9 Å². The Labute approximate surface area is 106 Å². The highest BCUT2D eigenvalue weighted by Crippen LogP contribution is 2.20. The van der Waals surface area contributed by atoms with Crippen LogP contribution >= 0.6 is 0 Å². The minimum absolute atomic E-state index is 0.215. The molecule has 2 unspecified atom stereocenters. The first kappa shape index (κ1) is 14.3. The maximum atomic E-state index is 11.8. The molecule has 0 aliphatic carbocycles. The first-order valence-electron chi connectivity index (χ1n) is 5.79. The molecule has 1 aliphatic rings. The number of urea groups is 1. The van der Waals surface area contributed by atoms with Crippen LogP contribution in [0.25, 0.3) is 0 Å². The number of methoxy groups -OCH3 is 1. The lowest BCUT2D eigenvalue weighted by atomic mass is 10.2. The third-order valence-corrected chi connectivity index (χ3v) is 2.84. The lowest BCUT2D eigenvalue weighted by Gasteiger charge is -2.21. The molecule has 0 aromatic rings. The predicted molar refractivity (Wildman–Crippen MR) is 65.0 cm³/mol. The molecule has 1 fully saturated rings. The normalized spacial score (nSPS) is 22.2. The molecule has 18 heavy (non-hydrogen) atoms. The van der Waals surface area contributed by atoms with Gasteiger partial charge >= 0.3 is 12.0 Å². The van der Waals surface area contributed by atoms with Crippen LogP contribution in [0.2, 0.25) is 0 Å². The fourth-order valence-corrected chi connectivity index (χ4v) is 1.89. The van der Waals surface area contributed by atoms with Crippen molar-refractivity contribution in [3.8, 4) is 11.8 Å². The van der Waals surface area contributed by atoms with Gasteiger partial charge in [-0.25, -0.2) is 9.59 Å². The van der Waals surface area contributed by atoms with Crippen LogP contribution in [-0.2, 0) is 9.53 Å². The van der Waals surface area contributed by atoms with E-state index in [1.54, 1.807) is 6.92 Å². The van der Waals surface area contributed by atoms with E-state index in [2.05, 4.69) is 17.2 Å². The van der Waals surface area contributed by atoms with Crippen molar-refractivity contribution >= 4 is 12.0 Å². The topological polar surface area (TPSA) is 78.9 Å². The Bertz CT molecular complexity index is 372. The van der Waals surface area contributed by atoms with Gasteiger partial charge in [0.05, 0.1) is 6.10 Å². The van der Waals surface area contributed by atoms with Crippen molar-refractivity contribution in [1.82, 2.24) is 10.2 Å². The van der Waals surface area contributed by atoms with Crippen molar-refractivity contribution < 1.29 is 19.4 Å². The number of hydrogen-bond acceptors (Lipinski definition) is 3. The number of hydrogen-bond donors (Lipinski definition) is 2. The smallest absolute Gasteiger partial charge is 0.326 e. The molecule has 0 saturated carbocycles. The van der Waals surface area contributed by atoms with Crippen LogP contribution < -0.4 is 5.32 Å². The zero-order valence-corrected chi connectivity index (χ0v) is 10.6. The first-order chi connectivity index (χ1) is 8.60. The van der Waals surface area contributed by atoms with Crippen LogP contribution in [0.5, 0.6) is 0 Å². The number of aliphatic carboxylic acids is 1. The third kappa shape index (κ3) is 3.64. The molecule has 1 aliphatic heterocycles. The Balaban J connectivity index is 2.53. The number of carboxylic acids is 1. The number of rotatable bonds is 4. The maximum Gasteiger partial charge on any atom is 0.326 e. The largest absolute Gasteiger partial charge is 0.480 e. The fraction of sp³-hybridized carbons (Fsp3) is 0.667. The summed E-state index contributed by atoms with van der Waals surface area (Å²) < 4.78 is 5.11. The van der Waals surface area contributed by atoms with Crippen molar-refractivity contribution in [3.63, 3.8) is 0 Å². The van der Waals surface area contributed by atoms with E-state index in [1.807, 2.05) is 0 Å². The average Bonchev–Trinajstić information content (AvgIpc) is 2.78. The van der Waals surface area contributed by atoms with E-state index in [0.29, 0.717) is 25.9 Å². The molecule has 1 rings (SSSR count). The molecule has 2 atom stereocenters. The number of carbonyl (C=O) groups is 2. The predicted octanol–water partition coefficient (Wildman–Crippen LogP) is 0.283. The van der Waals surface area contributed by atoms with Gasteiger partial charge in [0, 0.05) is 33.0 Å². The molecule has 2 amide bonds. The second-order valence-corrected chi connectivity index (χ2v) is 4.01. The van der Waals surface area contributed by atoms with Crippen LogP contribution in [0.3, 0.4) is 0 Å². The first-order valence-corrected chi connectivity index (χ1v) is 5.79. The van der Waals surface area contributed by atoms with Crippen LogP contribution in [-0.4, -0.2) is 54.4 Å². The lowest BCUT2D eigenvalue weighted by Crippen LogP contribution is -2.46. The van der Waals surface area contributed by atoms with Crippen LogP contribution in [0.1, 0.15) is 19.8 Å². The van der Waals surface area contributed by atoms with Crippen molar-refractivity contribution in [1.29, 1.82) is 0 Å². The van der Waals surface area contributed by atoms with Crippen LogP contribution in [0.15, 0.2) is 0 Å². The Hall–Kier alpha value is -1.74. The van der Waals surface area contributed by atoms with Gasteiger partial charge in [-0.3, -0.25) is 0 Å². The summed E-state index contributed by atoms with van der Waals surface area (Å²) in [6, 6.07) is -1.19. The minimum Gasteiger partial charge on any atom is -0.480 e. The van der Waals surface area contributed by atoms with Gasteiger partial charge in [0.2, 0.25) is 0 Å². The molecular formula is C12H18N2O4. The van der Waals surface area contributed by atoms with E-state index in [4.69, 9.17) is 9.84 Å². The number of likely N-dealkylation sites (tertiary alicyclic amines) is 1. The van der Waals surface area contributed by atoms with Crippen LogP contribution in [0.4, 0.5) is 4.79 Å². The quantitative estimate of drug-likeness (QED) is 0.558. The molecule has 6 heteroatoms. The summed E-state index contributed by atoms with van der Waals surface area (Å²) in [6.45, 7) is 2.45. The van der Waals surface area contributed by atoms with Crippen molar-refractivity contribution in [2.75, 3.05) is 20.2 Å². The van der Waals surface area contributed by atoms with Gasteiger partial charge in [0.1, 0.15) is 6.04 Å². The van der Waals surface area contributed by atoms with Gasteiger partial charge in [-0.1, -0.05) is 0 Å². The van der Waals surface area contributed by atoms with Crippen molar-refractivity contribution in [3.05, 3.63) is 0 Å². The summed E-state index contributed by atoms with van der Waals surface area (Å²) in [5.74, 6) is 4.55. The van der Waals surface area contributed by atoms with Crippen LogP contribution in [0, 0.1) is 11.8 Å². The van der Waals surface area contributed by atoms with E-state index < -0.39 is 12.0 Å². The molecule has 0 radical (unpaired) electrons.